The third kappa shape index (κ3) is 30.8. The van der Waals surface area contributed by atoms with Crippen LogP contribution in [-0.4, -0.2) is 74.9 Å². The van der Waals surface area contributed by atoms with Crippen molar-refractivity contribution >= 4 is 19.8 Å². The van der Waals surface area contributed by atoms with E-state index in [1.165, 1.54) is 70.6 Å². The number of quaternary nitrogens is 1. The number of hydrogen-bond acceptors (Lipinski definition) is 7. The molecular formula is C33H67NO8P+. The normalized spacial score (nSPS) is 13.9. The van der Waals surface area contributed by atoms with Crippen LogP contribution in [0.25, 0.3) is 0 Å². The zero-order valence-electron chi connectivity index (χ0n) is 28.5. The number of unbranched alkanes of at least 4 members (excludes halogenated alkanes) is 17. The number of esters is 2. The Balaban J connectivity index is 4.37. The van der Waals surface area contributed by atoms with Crippen molar-refractivity contribution < 1.29 is 42.1 Å². The van der Waals surface area contributed by atoms with Crippen molar-refractivity contribution in [3.05, 3.63) is 0 Å². The van der Waals surface area contributed by atoms with Gasteiger partial charge in [0.1, 0.15) is 19.8 Å². The molecule has 1 unspecified atom stereocenters. The summed E-state index contributed by atoms with van der Waals surface area (Å²) in [6.07, 6.45) is 21.8. The minimum atomic E-state index is -4.35. The van der Waals surface area contributed by atoms with E-state index in [1.807, 2.05) is 21.1 Å². The van der Waals surface area contributed by atoms with E-state index in [0.29, 0.717) is 23.9 Å². The quantitative estimate of drug-likeness (QED) is 0.0349. The Hall–Kier alpha value is -0.990. The minimum Gasteiger partial charge on any atom is -0.462 e. The lowest BCUT2D eigenvalue weighted by molar-refractivity contribution is -0.870. The van der Waals surface area contributed by atoms with Gasteiger partial charge in [-0.1, -0.05) is 123 Å². The Morgan fingerprint density at radius 2 is 1.05 bits per heavy atom. The Labute approximate surface area is 264 Å². The number of rotatable bonds is 31. The lowest BCUT2D eigenvalue weighted by atomic mass is 10.0. The maximum atomic E-state index is 12.4. The molecule has 0 heterocycles. The van der Waals surface area contributed by atoms with Crippen LogP contribution >= 0.6 is 7.82 Å². The summed E-state index contributed by atoms with van der Waals surface area (Å²) in [4.78, 5) is 34.8. The predicted molar refractivity (Wildman–Crippen MR) is 174 cm³/mol. The lowest BCUT2D eigenvalue weighted by Crippen LogP contribution is -2.37. The second-order valence-corrected chi connectivity index (χ2v) is 14.4. The van der Waals surface area contributed by atoms with Crippen molar-refractivity contribution in [1.82, 2.24) is 0 Å². The van der Waals surface area contributed by atoms with E-state index >= 15 is 0 Å². The Bertz CT molecular complexity index is 728. The Morgan fingerprint density at radius 3 is 1.49 bits per heavy atom. The highest BCUT2D eigenvalue weighted by molar-refractivity contribution is 7.47. The fraction of sp³-hybridized carbons (Fsp3) is 0.939. The van der Waals surface area contributed by atoms with Crippen LogP contribution in [0.15, 0.2) is 0 Å². The average Bonchev–Trinajstić information content (AvgIpc) is 2.93. The molecule has 0 bridgehead atoms. The Morgan fingerprint density at radius 1 is 0.628 bits per heavy atom. The van der Waals surface area contributed by atoms with E-state index in [1.54, 1.807) is 0 Å². The van der Waals surface area contributed by atoms with Gasteiger partial charge in [0.15, 0.2) is 6.10 Å². The molecule has 0 aliphatic carbocycles. The fourth-order valence-electron chi connectivity index (χ4n) is 4.60. The largest absolute Gasteiger partial charge is 0.472 e. The van der Waals surface area contributed by atoms with Gasteiger partial charge in [0.2, 0.25) is 0 Å². The molecule has 0 rings (SSSR count). The third-order valence-corrected chi connectivity index (χ3v) is 8.37. The number of phosphoric acid groups is 1. The molecule has 0 spiro atoms. The number of hydrogen-bond donors (Lipinski definition) is 1. The smallest absolute Gasteiger partial charge is 0.462 e. The summed E-state index contributed by atoms with van der Waals surface area (Å²) in [6.45, 7) is 4.34. The van der Waals surface area contributed by atoms with Gasteiger partial charge in [-0.15, -0.1) is 0 Å². The minimum absolute atomic E-state index is 0.0356. The van der Waals surface area contributed by atoms with Crippen LogP contribution in [0.4, 0.5) is 0 Å². The molecule has 0 fully saturated rings. The number of nitrogens with zero attached hydrogens (tertiary/aromatic N) is 1. The molecule has 0 amide bonds. The average molecular weight is 637 g/mol. The van der Waals surface area contributed by atoms with Crippen LogP contribution in [0, 0.1) is 0 Å². The topological polar surface area (TPSA) is 108 Å². The number of likely N-dealkylation sites (N-methyl/N-ethyl adjacent to an activating group) is 1. The van der Waals surface area contributed by atoms with Gasteiger partial charge in [0.25, 0.3) is 0 Å². The first-order valence-corrected chi connectivity index (χ1v) is 18.8. The molecule has 2 atom stereocenters. The highest BCUT2D eigenvalue weighted by Gasteiger charge is 2.27. The molecule has 0 radical (unpaired) electrons. The first kappa shape index (κ1) is 42.0. The molecule has 1 N–H and O–H groups in total. The van der Waals surface area contributed by atoms with Gasteiger partial charge >= 0.3 is 19.8 Å². The molecule has 43 heavy (non-hydrogen) atoms. The van der Waals surface area contributed by atoms with Crippen LogP contribution < -0.4 is 0 Å². The highest BCUT2D eigenvalue weighted by Crippen LogP contribution is 2.43. The lowest BCUT2D eigenvalue weighted by Gasteiger charge is -2.24. The van der Waals surface area contributed by atoms with Crippen molar-refractivity contribution in [3.63, 3.8) is 0 Å². The molecule has 0 aromatic rings. The van der Waals surface area contributed by atoms with Crippen LogP contribution in [0.2, 0.25) is 0 Å². The van der Waals surface area contributed by atoms with Crippen LogP contribution in [-0.2, 0) is 32.7 Å². The van der Waals surface area contributed by atoms with Gasteiger partial charge in [-0.25, -0.2) is 4.57 Å². The first-order valence-electron chi connectivity index (χ1n) is 17.3. The number of carbonyl (C=O) groups is 2. The van der Waals surface area contributed by atoms with E-state index in [2.05, 4.69) is 13.8 Å². The van der Waals surface area contributed by atoms with E-state index in [9.17, 15) is 19.0 Å². The van der Waals surface area contributed by atoms with Crippen LogP contribution in [0.5, 0.6) is 0 Å². The summed E-state index contributed by atoms with van der Waals surface area (Å²) in [5, 5.41) is 0. The highest BCUT2D eigenvalue weighted by atomic mass is 31.2. The molecule has 0 aliphatic rings. The van der Waals surface area contributed by atoms with Gasteiger partial charge in [0, 0.05) is 12.8 Å². The summed E-state index contributed by atoms with van der Waals surface area (Å²) in [5.41, 5.74) is 0. The van der Waals surface area contributed by atoms with Gasteiger partial charge in [-0.3, -0.25) is 18.6 Å². The monoisotopic (exact) mass is 636 g/mol. The molecule has 0 aromatic heterocycles. The van der Waals surface area contributed by atoms with Gasteiger partial charge in [-0.2, -0.15) is 0 Å². The summed E-state index contributed by atoms with van der Waals surface area (Å²) in [7, 11) is 1.48. The number of phosphoric ester groups is 1. The van der Waals surface area contributed by atoms with Crippen LogP contribution in [0.1, 0.15) is 149 Å². The Kier molecular flexibility index (Phi) is 26.7. The first-order chi connectivity index (χ1) is 20.5. The predicted octanol–water partition coefficient (Wildman–Crippen LogP) is 8.51. The second kappa shape index (κ2) is 27.3. The fourth-order valence-corrected chi connectivity index (χ4v) is 5.34. The third-order valence-electron chi connectivity index (χ3n) is 7.39. The number of ether oxygens (including phenoxy) is 2. The maximum Gasteiger partial charge on any atom is 0.472 e. The van der Waals surface area contributed by atoms with Crippen LogP contribution in [0.3, 0.4) is 0 Å². The van der Waals surface area contributed by atoms with Crippen molar-refractivity contribution in [1.29, 1.82) is 0 Å². The van der Waals surface area contributed by atoms with E-state index in [0.717, 1.165) is 44.9 Å². The van der Waals surface area contributed by atoms with Gasteiger partial charge < -0.3 is 18.9 Å². The van der Waals surface area contributed by atoms with Crippen molar-refractivity contribution in [2.24, 2.45) is 0 Å². The molecule has 0 aliphatic heterocycles. The van der Waals surface area contributed by atoms with Gasteiger partial charge in [0.05, 0.1) is 27.7 Å². The van der Waals surface area contributed by atoms with Gasteiger partial charge in [-0.05, 0) is 12.8 Å². The summed E-state index contributed by atoms with van der Waals surface area (Å²) >= 11 is 0. The summed E-state index contributed by atoms with van der Waals surface area (Å²) in [6, 6.07) is 0. The van der Waals surface area contributed by atoms with E-state index in [-0.39, 0.29) is 25.6 Å². The standard InChI is InChI=1S/C33H66NO8P/c1-6-8-10-12-14-15-16-17-18-19-20-22-23-25-32(35)39-29-31(42-33(36)26-24-21-13-11-9-7-2)30-41-43(37,38)40-28-27-34(3,4)5/h31H,6-30H2,1-5H3/p+1/t31-/m0/s1. The van der Waals surface area contributed by atoms with Crippen molar-refractivity contribution in [3.8, 4) is 0 Å². The van der Waals surface area contributed by atoms with E-state index < -0.39 is 26.5 Å². The molecular weight excluding hydrogens is 569 g/mol. The van der Waals surface area contributed by atoms with Crippen molar-refractivity contribution in [2.75, 3.05) is 47.5 Å². The van der Waals surface area contributed by atoms with Crippen molar-refractivity contribution in [2.45, 2.75) is 155 Å². The molecule has 0 saturated carbocycles. The molecule has 9 nitrogen and oxygen atoms in total. The molecule has 0 aromatic carbocycles. The maximum absolute atomic E-state index is 12.4. The summed E-state index contributed by atoms with van der Waals surface area (Å²) in [5.74, 6) is -0.804. The van der Waals surface area contributed by atoms with E-state index in [4.69, 9.17) is 18.5 Å². The summed E-state index contributed by atoms with van der Waals surface area (Å²) < 4.78 is 33.9. The zero-order chi connectivity index (χ0) is 32.2. The zero-order valence-corrected chi connectivity index (χ0v) is 29.3. The second-order valence-electron chi connectivity index (χ2n) is 12.9. The number of carbonyl (C=O) groups excluding carboxylic acids is 2. The molecule has 0 saturated heterocycles. The SMILES string of the molecule is CCCCCCCCCCCCCCCC(=O)OC[C@@H](COP(=O)(O)OCC[N+](C)(C)C)OC(=O)CCCCCCCC. The molecule has 256 valence electrons. The molecule has 10 heteroatoms.